The average Bonchev–Trinajstić information content (AvgIpc) is 3.04. The summed E-state index contributed by atoms with van der Waals surface area (Å²) in [6.07, 6.45) is 46.7. The zero-order chi connectivity index (χ0) is 34.6. The molecule has 0 saturated heterocycles. The molecule has 0 unspecified atom stereocenters. The lowest BCUT2D eigenvalue weighted by molar-refractivity contribution is -0.888. The van der Waals surface area contributed by atoms with E-state index in [1.807, 2.05) is 0 Å². The van der Waals surface area contributed by atoms with Crippen molar-refractivity contribution in [2.45, 2.75) is 219 Å². The molecule has 0 fully saturated rings. The summed E-state index contributed by atoms with van der Waals surface area (Å²) in [6.45, 7) is 10.0. The lowest BCUT2D eigenvalue weighted by atomic mass is 10.0. The van der Waals surface area contributed by atoms with E-state index in [1.165, 1.54) is 252 Å². The maximum atomic E-state index is 2.46. The summed E-state index contributed by atoms with van der Waals surface area (Å²) in [7, 11) is 9.85. The molecule has 3 heteroatoms. The largest absolute Gasteiger partial charge is 0.328 e. The number of unbranched alkanes of at least 4 members (excludes halogenated alkanes) is 30. The van der Waals surface area contributed by atoms with Gasteiger partial charge in [-0.2, -0.15) is 11.8 Å². The van der Waals surface area contributed by atoms with Crippen molar-refractivity contribution in [3.05, 3.63) is 0 Å². The van der Waals surface area contributed by atoms with Crippen LogP contribution in [-0.2, 0) is 0 Å². The maximum absolute atomic E-state index is 2.46. The van der Waals surface area contributed by atoms with E-state index < -0.39 is 0 Å². The number of hydrogen-bond donors (Lipinski definition) is 0. The van der Waals surface area contributed by atoms with Gasteiger partial charge >= 0.3 is 0 Å². The van der Waals surface area contributed by atoms with Crippen LogP contribution < -0.4 is 0 Å². The van der Waals surface area contributed by atoms with E-state index in [1.54, 1.807) is 0 Å². The highest BCUT2D eigenvalue weighted by molar-refractivity contribution is 7.99. The number of hydrogen-bond acceptors (Lipinski definition) is 1. The van der Waals surface area contributed by atoms with Gasteiger partial charge in [0, 0.05) is 11.5 Å². The molecule has 0 aromatic heterocycles. The lowest BCUT2D eigenvalue weighted by Crippen LogP contribution is -2.43. The summed E-state index contributed by atoms with van der Waals surface area (Å²) in [5.74, 6) is 2.65. The quantitative estimate of drug-likeness (QED) is 0.0458. The van der Waals surface area contributed by atoms with Crippen LogP contribution in [0, 0.1) is 0 Å². The van der Waals surface area contributed by atoms with Crippen LogP contribution >= 0.6 is 11.8 Å². The van der Waals surface area contributed by atoms with Gasteiger partial charge in [-0.1, -0.05) is 194 Å². The number of quaternary nitrogens is 2. The van der Waals surface area contributed by atoms with Gasteiger partial charge in [0.1, 0.15) is 0 Å². The Kier molecular flexibility index (Phi) is 36.3. The zero-order valence-electron chi connectivity index (χ0n) is 34.2. The summed E-state index contributed by atoms with van der Waals surface area (Å²) in [4.78, 5) is 0. The first-order valence-electron chi connectivity index (χ1n) is 22.0. The molecule has 0 aromatic carbocycles. The van der Waals surface area contributed by atoms with Crippen molar-refractivity contribution in [3.8, 4) is 0 Å². The van der Waals surface area contributed by atoms with Gasteiger partial charge in [-0.15, -0.1) is 0 Å². The van der Waals surface area contributed by atoms with Crippen molar-refractivity contribution < 1.29 is 8.97 Å². The molecule has 0 aliphatic heterocycles. The molecule has 0 radical (unpaired) electrons. The van der Waals surface area contributed by atoms with E-state index in [0.29, 0.717) is 0 Å². The van der Waals surface area contributed by atoms with Crippen LogP contribution in [0.2, 0.25) is 0 Å². The molecule has 47 heavy (non-hydrogen) atoms. The first kappa shape index (κ1) is 47.3. The van der Waals surface area contributed by atoms with Crippen molar-refractivity contribution in [2.24, 2.45) is 0 Å². The van der Waals surface area contributed by atoms with Crippen molar-refractivity contribution in [1.29, 1.82) is 0 Å². The lowest BCUT2D eigenvalue weighted by Gasteiger charge is -2.31. The molecule has 2 nitrogen and oxygen atoms in total. The van der Waals surface area contributed by atoms with E-state index in [2.05, 4.69) is 53.8 Å². The molecule has 0 atom stereocenters. The first-order valence-corrected chi connectivity index (χ1v) is 23.2. The highest BCUT2D eigenvalue weighted by Crippen LogP contribution is 2.17. The normalized spacial score (nSPS) is 12.4. The summed E-state index contributed by atoms with van der Waals surface area (Å²) in [5.41, 5.74) is 0. The fraction of sp³-hybridized carbons (Fsp3) is 1.00. The van der Waals surface area contributed by atoms with Crippen LogP contribution in [0.15, 0.2) is 0 Å². The molecule has 0 heterocycles. The van der Waals surface area contributed by atoms with Gasteiger partial charge < -0.3 is 8.97 Å². The molecular weight excluding hydrogens is 589 g/mol. The van der Waals surface area contributed by atoms with E-state index in [-0.39, 0.29) is 0 Å². The van der Waals surface area contributed by atoms with E-state index in [0.717, 1.165) is 0 Å². The minimum atomic E-state index is 1.21. The van der Waals surface area contributed by atoms with Crippen LogP contribution in [-0.4, -0.2) is 74.8 Å². The monoisotopic (exact) mass is 683 g/mol. The molecule has 0 spiro atoms. The molecular formula is C44H94N2S+2. The van der Waals surface area contributed by atoms with E-state index >= 15 is 0 Å². The van der Waals surface area contributed by atoms with Crippen molar-refractivity contribution in [1.82, 2.24) is 0 Å². The molecule has 0 bridgehead atoms. The Bertz CT molecular complexity index is 539. The Morgan fingerprint density at radius 2 is 0.447 bits per heavy atom. The van der Waals surface area contributed by atoms with Gasteiger partial charge in [0.15, 0.2) is 0 Å². The molecule has 284 valence electrons. The van der Waals surface area contributed by atoms with Crippen molar-refractivity contribution in [2.75, 3.05) is 65.9 Å². The van der Waals surface area contributed by atoms with E-state index in [9.17, 15) is 0 Å². The second-order valence-corrected chi connectivity index (χ2v) is 18.2. The third kappa shape index (κ3) is 38.9. The number of rotatable bonds is 40. The maximum Gasteiger partial charge on any atom is 0.0874 e. The molecule has 0 saturated carbocycles. The van der Waals surface area contributed by atoms with Gasteiger partial charge in [0.2, 0.25) is 0 Å². The van der Waals surface area contributed by atoms with Gasteiger partial charge in [0.25, 0.3) is 0 Å². The molecule has 0 rings (SSSR count). The predicted molar refractivity (Wildman–Crippen MR) is 220 cm³/mol. The van der Waals surface area contributed by atoms with Crippen LogP contribution in [0.1, 0.15) is 219 Å². The minimum absolute atomic E-state index is 1.21. The van der Waals surface area contributed by atoms with Gasteiger partial charge in [-0.25, -0.2) is 0 Å². The van der Waals surface area contributed by atoms with Gasteiger partial charge in [0.05, 0.1) is 54.4 Å². The first-order chi connectivity index (χ1) is 22.8. The Balaban J connectivity index is 3.46. The SMILES string of the molecule is CCCCCCCCCCCCCCCCCC[N+](C)(C)CCSCC[N+](C)(C)CCCCCCCCCCCCCCCCCC. The summed E-state index contributed by atoms with van der Waals surface area (Å²) in [6, 6.07) is 0. The minimum Gasteiger partial charge on any atom is -0.328 e. The fourth-order valence-electron chi connectivity index (χ4n) is 7.12. The van der Waals surface area contributed by atoms with Crippen molar-refractivity contribution in [3.63, 3.8) is 0 Å². The number of nitrogens with zero attached hydrogens (tertiary/aromatic N) is 2. The average molecular weight is 683 g/mol. The molecule has 0 aliphatic rings. The second kappa shape index (κ2) is 36.1. The zero-order valence-corrected chi connectivity index (χ0v) is 35.0. The third-order valence-corrected chi connectivity index (χ3v) is 11.9. The van der Waals surface area contributed by atoms with Crippen LogP contribution in [0.3, 0.4) is 0 Å². The standard InChI is InChI=1S/C44H94N2S/c1-7-9-11-13-15-17-19-21-23-25-27-29-31-33-35-37-39-45(3,4)41-43-47-44-42-46(5,6)40-38-36-34-32-30-28-26-24-22-20-18-16-14-12-10-8-2/h7-44H2,1-6H3/q+2. The van der Waals surface area contributed by atoms with Crippen LogP contribution in [0.5, 0.6) is 0 Å². The van der Waals surface area contributed by atoms with E-state index in [4.69, 9.17) is 0 Å². The van der Waals surface area contributed by atoms with Gasteiger partial charge in [-0.05, 0) is 25.7 Å². The van der Waals surface area contributed by atoms with Crippen molar-refractivity contribution >= 4 is 11.8 Å². The smallest absolute Gasteiger partial charge is 0.0874 e. The predicted octanol–water partition coefficient (Wildman–Crippen LogP) is 14.4. The highest BCUT2D eigenvalue weighted by atomic mass is 32.2. The van der Waals surface area contributed by atoms with Crippen LogP contribution in [0.4, 0.5) is 0 Å². The fourth-order valence-corrected chi connectivity index (χ4v) is 8.58. The Hall–Kier alpha value is 0.270. The molecule has 0 amide bonds. The highest BCUT2D eigenvalue weighted by Gasteiger charge is 2.16. The summed E-state index contributed by atoms with van der Waals surface area (Å²) < 4.78 is 2.42. The van der Waals surface area contributed by atoms with Crippen LogP contribution in [0.25, 0.3) is 0 Å². The summed E-state index contributed by atoms with van der Waals surface area (Å²) in [5, 5.41) is 0. The topological polar surface area (TPSA) is 0 Å². The Morgan fingerprint density at radius 1 is 0.255 bits per heavy atom. The molecule has 0 N–H and O–H groups in total. The second-order valence-electron chi connectivity index (χ2n) is 17.0. The van der Waals surface area contributed by atoms with Gasteiger partial charge in [-0.3, -0.25) is 0 Å². The Labute approximate surface area is 304 Å². The summed E-state index contributed by atoms with van der Waals surface area (Å²) >= 11 is 2.20. The third-order valence-electron chi connectivity index (χ3n) is 10.9. The number of thioether (sulfide) groups is 1. The molecule has 0 aromatic rings. The molecule has 0 aliphatic carbocycles. The Morgan fingerprint density at radius 3 is 0.660 bits per heavy atom.